The maximum absolute atomic E-state index is 12.5. The Morgan fingerprint density at radius 1 is 1.05 bits per heavy atom. The van der Waals surface area contributed by atoms with Crippen LogP contribution in [0.25, 0.3) is 6.08 Å². The number of rotatable bonds is 2. The van der Waals surface area contributed by atoms with Crippen LogP contribution in [0.3, 0.4) is 0 Å². The van der Waals surface area contributed by atoms with Gasteiger partial charge in [-0.2, -0.15) is 0 Å². The average molecular weight is 293 g/mol. The Kier molecular flexibility index (Phi) is 3.37. The van der Waals surface area contributed by atoms with Crippen molar-refractivity contribution in [2.24, 2.45) is 0 Å². The first kappa shape index (κ1) is 14.2. The van der Waals surface area contributed by atoms with E-state index in [-0.39, 0.29) is 5.78 Å². The summed E-state index contributed by atoms with van der Waals surface area (Å²) in [6, 6.07) is 11.6. The summed E-state index contributed by atoms with van der Waals surface area (Å²) in [6.07, 6.45) is 2.54. The number of carbonyl (C=O) groups excluding carboxylic acids is 1. The number of fused-ring (bicyclic) bond motifs is 1. The standard InChI is InChI=1S/C18H19N3O/c1-21(2)14-5-3-11(4-6-14)7-13-8-12-9-16(19)17(20)10-15(12)18(13)22/h3-7,9-10H,8,19-20H2,1-2H3/b13-7+. The van der Waals surface area contributed by atoms with Gasteiger partial charge in [0.2, 0.25) is 0 Å². The molecule has 1 aliphatic rings. The molecule has 0 spiro atoms. The number of hydrogen-bond acceptors (Lipinski definition) is 4. The van der Waals surface area contributed by atoms with Gasteiger partial charge in [-0.15, -0.1) is 0 Å². The van der Waals surface area contributed by atoms with Crippen LogP contribution < -0.4 is 16.4 Å². The van der Waals surface area contributed by atoms with Gasteiger partial charge < -0.3 is 16.4 Å². The summed E-state index contributed by atoms with van der Waals surface area (Å²) in [7, 11) is 4.00. The van der Waals surface area contributed by atoms with Gasteiger partial charge in [-0.25, -0.2) is 0 Å². The van der Waals surface area contributed by atoms with E-state index in [1.54, 1.807) is 12.1 Å². The maximum atomic E-state index is 12.5. The molecule has 0 saturated carbocycles. The molecular weight excluding hydrogens is 274 g/mol. The number of nitrogens with zero attached hydrogens (tertiary/aromatic N) is 1. The number of hydrogen-bond donors (Lipinski definition) is 2. The van der Waals surface area contributed by atoms with Crippen LogP contribution in [0, 0.1) is 0 Å². The van der Waals surface area contributed by atoms with Crippen LogP contribution in [-0.2, 0) is 6.42 Å². The predicted octanol–water partition coefficient (Wildman–Crippen LogP) is 2.74. The van der Waals surface area contributed by atoms with Crippen LogP contribution in [0.15, 0.2) is 42.0 Å². The van der Waals surface area contributed by atoms with E-state index < -0.39 is 0 Å². The van der Waals surface area contributed by atoms with Crippen LogP contribution in [0.1, 0.15) is 21.5 Å². The lowest BCUT2D eigenvalue weighted by atomic mass is 10.1. The van der Waals surface area contributed by atoms with Crippen molar-refractivity contribution < 1.29 is 4.79 Å². The second-order valence-electron chi connectivity index (χ2n) is 5.80. The van der Waals surface area contributed by atoms with Gasteiger partial charge in [-0.3, -0.25) is 4.79 Å². The molecule has 112 valence electrons. The highest BCUT2D eigenvalue weighted by molar-refractivity contribution is 6.16. The van der Waals surface area contributed by atoms with Crippen molar-refractivity contribution in [2.45, 2.75) is 6.42 Å². The van der Waals surface area contributed by atoms with Crippen molar-refractivity contribution in [2.75, 3.05) is 30.5 Å². The normalized spacial score (nSPS) is 15.2. The van der Waals surface area contributed by atoms with Crippen molar-refractivity contribution in [1.29, 1.82) is 0 Å². The summed E-state index contributed by atoms with van der Waals surface area (Å²) in [5, 5.41) is 0. The molecule has 0 unspecified atom stereocenters. The molecule has 0 aliphatic heterocycles. The maximum Gasteiger partial charge on any atom is 0.189 e. The highest BCUT2D eigenvalue weighted by Gasteiger charge is 2.25. The number of ketones is 1. The van der Waals surface area contributed by atoms with E-state index in [1.807, 2.05) is 49.3 Å². The van der Waals surface area contributed by atoms with Crippen LogP contribution in [0.2, 0.25) is 0 Å². The molecule has 4 nitrogen and oxygen atoms in total. The third kappa shape index (κ3) is 2.44. The topological polar surface area (TPSA) is 72.3 Å². The quantitative estimate of drug-likeness (QED) is 0.659. The zero-order valence-corrected chi connectivity index (χ0v) is 12.8. The molecular formula is C18H19N3O. The second-order valence-corrected chi connectivity index (χ2v) is 5.80. The molecule has 0 saturated heterocycles. The summed E-state index contributed by atoms with van der Waals surface area (Å²) in [5.41, 5.74) is 17.2. The molecule has 0 aromatic heterocycles. The lowest BCUT2D eigenvalue weighted by Gasteiger charge is -2.11. The fourth-order valence-corrected chi connectivity index (χ4v) is 2.68. The number of nitrogen functional groups attached to an aromatic ring is 2. The van der Waals surface area contributed by atoms with E-state index in [0.717, 1.165) is 22.4 Å². The van der Waals surface area contributed by atoms with Gasteiger partial charge >= 0.3 is 0 Å². The van der Waals surface area contributed by atoms with Crippen molar-refractivity contribution in [3.63, 3.8) is 0 Å². The zero-order valence-electron chi connectivity index (χ0n) is 12.8. The Morgan fingerprint density at radius 2 is 1.68 bits per heavy atom. The Balaban J connectivity index is 1.92. The lowest BCUT2D eigenvalue weighted by molar-refractivity contribution is 0.104. The third-order valence-electron chi connectivity index (χ3n) is 3.98. The second kappa shape index (κ2) is 5.22. The van der Waals surface area contributed by atoms with Gasteiger partial charge in [0.1, 0.15) is 0 Å². The Hall–Kier alpha value is -2.75. The lowest BCUT2D eigenvalue weighted by Crippen LogP contribution is -2.07. The molecule has 3 rings (SSSR count). The molecule has 1 aliphatic carbocycles. The summed E-state index contributed by atoms with van der Waals surface area (Å²) in [5.74, 6) is 0.0402. The first-order valence-corrected chi connectivity index (χ1v) is 7.16. The number of nitrogens with two attached hydrogens (primary N) is 2. The largest absolute Gasteiger partial charge is 0.397 e. The van der Waals surface area contributed by atoms with Gasteiger partial charge in [0.25, 0.3) is 0 Å². The van der Waals surface area contributed by atoms with Gasteiger partial charge in [0.05, 0.1) is 11.4 Å². The first-order valence-electron chi connectivity index (χ1n) is 7.16. The van der Waals surface area contributed by atoms with Gasteiger partial charge in [-0.05, 0) is 41.5 Å². The minimum absolute atomic E-state index is 0.0402. The molecule has 4 N–H and O–H groups in total. The molecule has 0 fully saturated rings. The van der Waals surface area contributed by atoms with E-state index in [4.69, 9.17) is 11.5 Å². The molecule has 2 aromatic carbocycles. The van der Waals surface area contributed by atoms with Gasteiger partial charge in [-0.1, -0.05) is 12.1 Å². The average Bonchev–Trinajstić information content (AvgIpc) is 2.77. The summed E-state index contributed by atoms with van der Waals surface area (Å²) >= 11 is 0. The van der Waals surface area contributed by atoms with Crippen molar-refractivity contribution in [3.8, 4) is 0 Å². The van der Waals surface area contributed by atoms with Crippen molar-refractivity contribution in [3.05, 3.63) is 58.7 Å². The van der Waals surface area contributed by atoms with Crippen molar-refractivity contribution >= 4 is 28.9 Å². The zero-order chi connectivity index (χ0) is 15.9. The fraction of sp³-hybridized carbons (Fsp3) is 0.167. The molecule has 22 heavy (non-hydrogen) atoms. The predicted molar refractivity (Wildman–Crippen MR) is 92.0 cm³/mol. The number of Topliss-reactive ketones (excluding diaryl/α,β-unsaturated/α-hetero) is 1. The Bertz CT molecular complexity index is 774. The molecule has 0 heterocycles. The van der Waals surface area contributed by atoms with E-state index in [0.29, 0.717) is 23.4 Å². The Labute approximate surface area is 130 Å². The van der Waals surface area contributed by atoms with Gasteiger partial charge in [0.15, 0.2) is 5.78 Å². The minimum Gasteiger partial charge on any atom is -0.397 e. The van der Waals surface area contributed by atoms with E-state index in [9.17, 15) is 4.79 Å². The van der Waals surface area contributed by atoms with E-state index in [1.165, 1.54) is 0 Å². The third-order valence-corrected chi connectivity index (χ3v) is 3.98. The number of carbonyl (C=O) groups is 1. The summed E-state index contributed by atoms with van der Waals surface area (Å²) in [6.45, 7) is 0. The Morgan fingerprint density at radius 3 is 2.32 bits per heavy atom. The smallest absolute Gasteiger partial charge is 0.189 e. The number of allylic oxidation sites excluding steroid dienone is 1. The SMILES string of the molecule is CN(C)c1ccc(/C=C2\Cc3cc(N)c(N)cc3C2=O)cc1. The molecule has 2 aromatic rings. The van der Waals surface area contributed by atoms with E-state index >= 15 is 0 Å². The summed E-state index contributed by atoms with van der Waals surface area (Å²) < 4.78 is 0. The van der Waals surface area contributed by atoms with Crippen molar-refractivity contribution in [1.82, 2.24) is 0 Å². The van der Waals surface area contributed by atoms with Crippen LogP contribution in [0.5, 0.6) is 0 Å². The highest BCUT2D eigenvalue weighted by atomic mass is 16.1. The molecule has 0 bridgehead atoms. The highest BCUT2D eigenvalue weighted by Crippen LogP contribution is 2.32. The monoisotopic (exact) mass is 293 g/mol. The summed E-state index contributed by atoms with van der Waals surface area (Å²) in [4.78, 5) is 14.5. The number of benzene rings is 2. The molecule has 0 atom stereocenters. The number of anilines is 3. The molecule has 0 amide bonds. The minimum atomic E-state index is 0.0402. The van der Waals surface area contributed by atoms with Crippen LogP contribution in [-0.4, -0.2) is 19.9 Å². The first-order chi connectivity index (χ1) is 10.5. The van der Waals surface area contributed by atoms with E-state index in [2.05, 4.69) is 0 Å². The van der Waals surface area contributed by atoms with Gasteiger partial charge in [0, 0.05) is 37.3 Å². The fourth-order valence-electron chi connectivity index (χ4n) is 2.68. The van der Waals surface area contributed by atoms with Crippen LogP contribution >= 0.6 is 0 Å². The van der Waals surface area contributed by atoms with Crippen LogP contribution in [0.4, 0.5) is 17.1 Å². The molecule has 0 radical (unpaired) electrons. The molecule has 4 heteroatoms.